The Morgan fingerprint density at radius 2 is 0.735 bits per heavy atom. The van der Waals surface area contributed by atoms with Gasteiger partial charge in [-0.15, -0.1) is 0 Å². The molecule has 6 aromatic carbocycles. The van der Waals surface area contributed by atoms with Crippen LogP contribution in [-0.4, -0.2) is 23.9 Å². The number of rotatable bonds is 6. The van der Waals surface area contributed by atoms with Crippen LogP contribution in [0.5, 0.6) is 23.0 Å². The van der Waals surface area contributed by atoms with Gasteiger partial charge in [0, 0.05) is 0 Å². The highest BCUT2D eigenvalue weighted by molar-refractivity contribution is 6.15. The van der Waals surface area contributed by atoms with E-state index in [1.165, 1.54) is 24.3 Å². The van der Waals surface area contributed by atoms with Crippen LogP contribution in [0.25, 0.3) is 11.1 Å². The van der Waals surface area contributed by atoms with E-state index in [1.54, 1.807) is 12.1 Å². The van der Waals surface area contributed by atoms with Gasteiger partial charge >= 0.3 is 23.9 Å². The van der Waals surface area contributed by atoms with Gasteiger partial charge in [-0.1, -0.05) is 72.8 Å². The molecule has 0 aromatic heterocycles. The van der Waals surface area contributed by atoms with E-state index >= 15 is 0 Å². The molecule has 6 aromatic rings. The summed E-state index contributed by atoms with van der Waals surface area (Å²) in [6.45, 7) is 0. The second-order valence-electron chi connectivity index (χ2n) is 11.9. The van der Waals surface area contributed by atoms with Crippen LogP contribution < -0.4 is 9.47 Å². The fourth-order valence-electron chi connectivity index (χ4n) is 7.10. The van der Waals surface area contributed by atoms with Crippen molar-refractivity contribution in [2.45, 2.75) is 5.41 Å². The van der Waals surface area contributed by atoms with Crippen LogP contribution in [0.1, 0.15) is 63.7 Å². The number of carbonyl (C=O) groups is 4. The van der Waals surface area contributed by atoms with Crippen molar-refractivity contribution >= 4 is 23.9 Å². The standard InChI is InChI=1S/C41H22O8/c42-37-31-19-17-27(21-33(31)39(44)48-37)46-25-13-9-23(10-14-25)41(35-7-3-1-5-29(35)30-6-2-4-8-36(30)41)24-11-15-26(16-12-24)47-28-18-20-32-34(22-28)40(45)49-38(32)43/h1-22H. The Kier molecular flexibility index (Phi) is 6.16. The van der Waals surface area contributed by atoms with E-state index in [-0.39, 0.29) is 22.3 Å². The van der Waals surface area contributed by atoms with Crippen molar-refractivity contribution < 1.29 is 38.1 Å². The van der Waals surface area contributed by atoms with E-state index in [0.29, 0.717) is 23.0 Å². The SMILES string of the molecule is O=C1OC(=O)c2cc(Oc3ccc(C4(c5ccc(Oc6ccc7c(c6)C(=O)OC7=O)cc5)c5ccccc5-c5ccccc54)cc3)ccc21. The molecule has 8 nitrogen and oxygen atoms in total. The molecule has 234 valence electrons. The highest BCUT2D eigenvalue weighted by Gasteiger charge is 2.46. The number of fused-ring (bicyclic) bond motifs is 5. The van der Waals surface area contributed by atoms with E-state index in [2.05, 4.69) is 24.3 Å². The first kappa shape index (κ1) is 28.4. The molecule has 49 heavy (non-hydrogen) atoms. The molecule has 0 radical (unpaired) electrons. The predicted octanol–water partition coefficient (Wildman–Crippen LogP) is 8.26. The maximum atomic E-state index is 12.1. The summed E-state index contributed by atoms with van der Waals surface area (Å²) in [5.74, 6) is -0.772. The third kappa shape index (κ3) is 4.31. The molecule has 0 fully saturated rings. The molecule has 3 aliphatic rings. The van der Waals surface area contributed by atoms with E-state index in [1.807, 2.05) is 72.8 Å². The zero-order valence-corrected chi connectivity index (χ0v) is 25.5. The molecule has 0 amide bonds. The number of benzene rings is 6. The van der Waals surface area contributed by atoms with E-state index in [9.17, 15) is 19.2 Å². The van der Waals surface area contributed by atoms with Crippen LogP contribution in [0.3, 0.4) is 0 Å². The molecule has 0 bridgehead atoms. The van der Waals surface area contributed by atoms with Crippen molar-refractivity contribution in [1.29, 1.82) is 0 Å². The summed E-state index contributed by atoms with van der Waals surface area (Å²) < 4.78 is 21.6. The topological polar surface area (TPSA) is 105 Å². The highest BCUT2D eigenvalue weighted by atomic mass is 16.6. The minimum atomic E-state index is -0.689. The Bertz CT molecular complexity index is 2240. The molecule has 0 atom stereocenters. The molecule has 0 spiro atoms. The van der Waals surface area contributed by atoms with Crippen molar-refractivity contribution in [2.24, 2.45) is 0 Å². The summed E-state index contributed by atoms with van der Waals surface area (Å²) in [6, 6.07) is 41.8. The predicted molar refractivity (Wildman–Crippen MR) is 176 cm³/mol. The number of ether oxygens (including phenoxy) is 4. The van der Waals surface area contributed by atoms with Crippen molar-refractivity contribution in [3.8, 4) is 34.1 Å². The lowest BCUT2D eigenvalue weighted by atomic mass is 9.68. The van der Waals surface area contributed by atoms with Gasteiger partial charge in [-0.3, -0.25) is 0 Å². The molecule has 9 rings (SSSR count). The highest BCUT2D eigenvalue weighted by Crippen LogP contribution is 2.56. The van der Waals surface area contributed by atoms with Gasteiger partial charge in [0.25, 0.3) is 0 Å². The van der Waals surface area contributed by atoms with Crippen molar-refractivity contribution in [3.05, 3.63) is 178 Å². The van der Waals surface area contributed by atoms with Crippen molar-refractivity contribution in [2.75, 3.05) is 0 Å². The number of carbonyl (C=O) groups excluding carboxylic acids is 4. The minimum Gasteiger partial charge on any atom is -0.457 e. The van der Waals surface area contributed by atoms with E-state index in [4.69, 9.17) is 18.9 Å². The van der Waals surface area contributed by atoms with Crippen LogP contribution in [-0.2, 0) is 14.9 Å². The fraction of sp³-hybridized carbons (Fsp3) is 0.0244. The summed E-state index contributed by atoms with van der Waals surface area (Å²) in [5, 5.41) is 0. The first-order valence-corrected chi connectivity index (χ1v) is 15.5. The maximum absolute atomic E-state index is 12.1. The van der Waals surface area contributed by atoms with Gasteiger partial charge in [0.1, 0.15) is 23.0 Å². The van der Waals surface area contributed by atoms with Crippen LogP contribution in [0.2, 0.25) is 0 Å². The average Bonchev–Trinajstić information content (AvgIpc) is 3.70. The monoisotopic (exact) mass is 642 g/mol. The van der Waals surface area contributed by atoms with E-state index in [0.717, 1.165) is 33.4 Å². The summed E-state index contributed by atoms with van der Waals surface area (Å²) in [7, 11) is 0. The maximum Gasteiger partial charge on any atom is 0.347 e. The lowest BCUT2D eigenvalue weighted by molar-refractivity contribution is 0.0425. The third-order valence-corrected chi connectivity index (χ3v) is 9.23. The van der Waals surface area contributed by atoms with Gasteiger partial charge in [-0.05, 0) is 94.0 Å². The zero-order valence-electron chi connectivity index (χ0n) is 25.5. The van der Waals surface area contributed by atoms with E-state index < -0.39 is 29.3 Å². The molecular weight excluding hydrogens is 620 g/mol. The second kappa shape index (κ2) is 10.6. The number of cyclic esters (lactones) is 4. The first-order chi connectivity index (χ1) is 23.9. The van der Waals surface area contributed by atoms with Gasteiger partial charge in [-0.2, -0.15) is 0 Å². The normalized spacial score (nSPS) is 14.8. The Hall–Kier alpha value is -6.80. The lowest BCUT2D eigenvalue weighted by Gasteiger charge is -2.34. The molecule has 0 saturated carbocycles. The first-order valence-electron chi connectivity index (χ1n) is 15.5. The second-order valence-corrected chi connectivity index (χ2v) is 11.9. The largest absolute Gasteiger partial charge is 0.457 e. The molecule has 0 unspecified atom stereocenters. The molecule has 8 heteroatoms. The number of esters is 4. The molecule has 1 aliphatic carbocycles. The van der Waals surface area contributed by atoms with Gasteiger partial charge in [0.05, 0.1) is 27.7 Å². The van der Waals surface area contributed by atoms with Gasteiger partial charge < -0.3 is 18.9 Å². The Morgan fingerprint density at radius 3 is 1.16 bits per heavy atom. The summed E-state index contributed by atoms with van der Waals surface area (Å²) in [6.07, 6.45) is 0. The molecule has 2 heterocycles. The van der Waals surface area contributed by atoms with Crippen LogP contribution >= 0.6 is 0 Å². The summed E-state index contributed by atoms with van der Waals surface area (Å²) in [4.78, 5) is 47.9. The zero-order chi connectivity index (χ0) is 33.3. The smallest absolute Gasteiger partial charge is 0.347 e. The number of hydrogen-bond donors (Lipinski definition) is 0. The molecular formula is C41H22O8. The Morgan fingerprint density at radius 1 is 0.367 bits per heavy atom. The summed E-state index contributed by atoms with van der Waals surface area (Å²) >= 11 is 0. The molecule has 0 saturated heterocycles. The van der Waals surface area contributed by atoms with Crippen LogP contribution in [0.15, 0.2) is 133 Å². The van der Waals surface area contributed by atoms with Crippen LogP contribution in [0.4, 0.5) is 0 Å². The van der Waals surface area contributed by atoms with Gasteiger partial charge in [0.15, 0.2) is 0 Å². The Balaban J connectivity index is 1.10. The lowest BCUT2D eigenvalue weighted by Crippen LogP contribution is -2.28. The fourth-order valence-corrected chi connectivity index (χ4v) is 7.10. The quantitative estimate of drug-likeness (QED) is 0.132. The average molecular weight is 643 g/mol. The molecule has 2 aliphatic heterocycles. The van der Waals surface area contributed by atoms with Crippen molar-refractivity contribution in [3.63, 3.8) is 0 Å². The van der Waals surface area contributed by atoms with Crippen LogP contribution in [0, 0.1) is 0 Å². The van der Waals surface area contributed by atoms with Crippen molar-refractivity contribution in [1.82, 2.24) is 0 Å². The summed E-state index contributed by atoms with van der Waals surface area (Å²) in [5.41, 5.74) is 6.67. The van der Waals surface area contributed by atoms with Gasteiger partial charge in [0.2, 0.25) is 0 Å². The molecule has 0 N–H and O–H groups in total. The van der Waals surface area contributed by atoms with Gasteiger partial charge in [-0.25, -0.2) is 19.2 Å². The Labute approximate surface area is 279 Å². The minimum absolute atomic E-state index is 0.179. The third-order valence-electron chi connectivity index (χ3n) is 9.23. The number of hydrogen-bond acceptors (Lipinski definition) is 8.